The number of nitrogens with one attached hydrogen (secondary N) is 1. The van der Waals surface area contributed by atoms with Gasteiger partial charge in [0.2, 0.25) is 0 Å². The molecule has 0 spiro atoms. The van der Waals surface area contributed by atoms with Gasteiger partial charge in [0.25, 0.3) is 0 Å². The fraction of sp³-hybridized carbons (Fsp3) is 0.750. The molecule has 3 rings (SSSR count). The molecule has 2 bridgehead atoms. The van der Waals surface area contributed by atoms with Crippen molar-refractivity contribution in [2.24, 2.45) is 7.05 Å². The largest absolute Gasteiger partial charge is 0.337 e. The highest BCUT2D eigenvalue weighted by atomic mass is 15.3. The van der Waals surface area contributed by atoms with E-state index in [1.807, 2.05) is 12.4 Å². The summed E-state index contributed by atoms with van der Waals surface area (Å²) in [5, 5.41) is 3.53. The lowest BCUT2D eigenvalue weighted by Crippen LogP contribution is -2.38. The summed E-state index contributed by atoms with van der Waals surface area (Å²) in [6.07, 6.45) is 7.94. The van der Waals surface area contributed by atoms with Crippen LogP contribution in [0.1, 0.15) is 25.1 Å². The first-order valence-corrected chi connectivity index (χ1v) is 6.27. The Labute approximate surface area is 96.7 Å². The van der Waals surface area contributed by atoms with Crippen LogP contribution < -0.4 is 5.32 Å². The fourth-order valence-corrected chi connectivity index (χ4v) is 3.05. The minimum absolute atomic E-state index is 0.726. The molecule has 3 heterocycles. The zero-order chi connectivity index (χ0) is 11.0. The van der Waals surface area contributed by atoms with Crippen molar-refractivity contribution in [3.05, 3.63) is 18.2 Å². The predicted molar refractivity (Wildman–Crippen MR) is 63.0 cm³/mol. The Morgan fingerprint density at radius 2 is 2.25 bits per heavy atom. The lowest BCUT2D eigenvalue weighted by molar-refractivity contribution is 0.187. The monoisotopic (exact) mass is 220 g/mol. The zero-order valence-electron chi connectivity index (χ0n) is 9.89. The highest BCUT2D eigenvalue weighted by molar-refractivity contribution is 4.97. The third-order valence-corrected chi connectivity index (χ3v) is 4.05. The van der Waals surface area contributed by atoms with Crippen LogP contribution in [0.4, 0.5) is 0 Å². The predicted octanol–water partition coefficient (Wildman–Crippen LogP) is 0.746. The van der Waals surface area contributed by atoms with Crippen LogP contribution in [0, 0.1) is 0 Å². The van der Waals surface area contributed by atoms with E-state index in [-0.39, 0.29) is 0 Å². The summed E-state index contributed by atoms with van der Waals surface area (Å²) in [7, 11) is 2.08. The Balaban J connectivity index is 1.76. The second-order valence-electron chi connectivity index (χ2n) is 5.00. The van der Waals surface area contributed by atoms with Gasteiger partial charge in [0, 0.05) is 38.1 Å². The molecule has 0 unspecified atom stereocenters. The van der Waals surface area contributed by atoms with Crippen LogP contribution in [0.5, 0.6) is 0 Å². The van der Waals surface area contributed by atoms with Gasteiger partial charge in [0.15, 0.2) is 0 Å². The normalized spacial score (nSPS) is 30.6. The minimum atomic E-state index is 0.726. The lowest BCUT2D eigenvalue weighted by atomic mass is 10.1. The van der Waals surface area contributed by atoms with Crippen LogP contribution >= 0.6 is 0 Å². The van der Waals surface area contributed by atoms with Crippen molar-refractivity contribution in [3.8, 4) is 0 Å². The van der Waals surface area contributed by atoms with Gasteiger partial charge in [-0.05, 0) is 25.8 Å². The van der Waals surface area contributed by atoms with Gasteiger partial charge in [0.05, 0.1) is 6.54 Å². The molecule has 0 saturated carbocycles. The molecular weight excluding hydrogens is 200 g/mol. The van der Waals surface area contributed by atoms with E-state index < -0.39 is 0 Å². The Bertz CT molecular complexity index is 346. The standard InChI is InChI=1S/C12H20N4/c1-15-7-6-14-12(15)9-16-10-2-3-11(16)8-13-5-4-10/h6-7,10-11,13H,2-5,8-9H2,1H3/t10-,11+/m0/s1. The number of hydrogen-bond acceptors (Lipinski definition) is 3. The van der Waals surface area contributed by atoms with E-state index in [4.69, 9.17) is 0 Å². The van der Waals surface area contributed by atoms with E-state index in [1.165, 1.54) is 31.6 Å². The summed E-state index contributed by atoms with van der Waals surface area (Å²) >= 11 is 0. The van der Waals surface area contributed by atoms with Crippen molar-refractivity contribution in [2.45, 2.75) is 37.9 Å². The van der Waals surface area contributed by atoms with Crippen molar-refractivity contribution < 1.29 is 0 Å². The fourth-order valence-electron chi connectivity index (χ4n) is 3.05. The molecule has 1 N–H and O–H groups in total. The second kappa shape index (κ2) is 4.18. The van der Waals surface area contributed by atoms with E-state index >= 15 is 0 Å². The zero-order valence-corrected chi connectivity index (χ0v) is 9.89. The lowest BCUT2D eigenvalue weighted by Gasteiger charge is -2.27. The summed E-state index contributed by atoms with van der Waals surface area (Å²) < 4.78 is 2.14. The van der Waals surface area contributed by atoms with Gasteiger partial charge >= 0.3 is 0 Å². The molecule has 4 heteroatoms. The van der Waals surface area contributed by atoms with E-state index in [0.717, 1.165) is 25.2 Å². The summed E-state index contributed by atoms with van der Waals surface area (Å²) in [6, 6.07) is 1.50. The number of hydrogen-bond donors (Lipinski definition) is 1. The van der Waals surface area contributed by atoms with Crippen molar-refractivity contribution in [1.29, 1.82) is 0 Å². The quantitative estimate of drug-likeness (QED) is 0.798. The number of rotatable bonds is 2. The highest BCUT2D eigenvalue weighted by Crippen LogP contribution is 2.29. The van der Waals surface area contributed by atoms with Gasteiger partial charge in [-0.15, -0.1) is 0 Å². The Kier molecular flexibility index (Phi) is 2.69. The Morgan fingerprint density at radius 1 is 1.38 bits per heavy atom. The minimum Gasteiger partial charge on any atom is -0.337 e. The van der Waals surface area contributed by atoms with Gasteiger partial charge in [-0.1, -0.05) is 0 Å². The molecular formula is C12H20N4. The molecule has 2 fully saturated rings. The Hall–Kier alpha value is -0.870. The number of aryl methyl sites for hydroxylation is 1. The summed E-state index contributed by atoms with van der Waals surface area (Å²) in [6.45, 7) is 3.35. The molecule has 1 aromatic heterocycles. The van der Waals surface area contributed by atoms with Crippen molar-refractivity contribution >= 4 is 0 Å². The van der Waals surface area contributed by atoms with Gasteiger partial charge in [0.1, 0.15) is 5.82 Å². The van der Waals surface area contributed by atoms with Gasteiger partial charge in [-0.2, -0.15) is 0 Å². The maximum atomic E-state index is 4.44. The number of fused-ring (bicyclic) bond motifs is 2. The van der Waals surface area contributed by atoms with Gasteiger partial charge in [-0.25, -0.2) is 4.98 Å². The molecule has 88 valence electrons. The van der Waals surface area contributed by atoms with Crippen LogP contribution in [0.25, 0.3) is 0 Å². The highest BCUT2D eigenvalue weighted by Gasteiger charge is 2.35. The maximum absolute atomic E-state index is 4.44. The molecule has 2 atom stereocenters. The molecule has 2 aliphatic heterocycles. The van der Waals surface area contributed by atoms with Gasteiger partial charge < -0.3 is 9.88 Å². The average molecular weight is 220 g/mol. The van der Waals surface area contributed by atoms with Crippen LogP contribution in [0.3, 0.4) is 0 Å². The van der Waals surface area contributed by atoms with Crippen LogP contribution in [-0.2, 0) is 13.6 Å². The van der Waals surface area contributed by atoms with E-state index in [0.29, 0.717) is 0 Å². The van der Waals surface area contributed by atoms with Crippen molar-refractivity contribution in [1.82, 2.24) is 19.8 Å². The summed E-state index contributed by atoms with van der Waals surface area (Å²) in [5.74, 6) is 1.19. The molecule has 1 aromatic rings. The number of nitrogens with zero attached hydrogens (tertiary/aromatic N) is 3. The number of imidazole rings is 1. The first-order chi connectivity index (χ1) is 7.84. The smallest absolute Gasteiger partial charge is 0.122 e. The molecule has 0 aromatic carbocycles. The Morgan fingerprint density at radius 3 is 3.06 bits per heavy atom. The molecule has 4 nitrogen and oxygen atoms in total. The van der Waals surface area contributed by atoms with Crippen LogP contribution in [0.15, 0.2) is 12.4 Å². The van der Waals surface area contributed by atoms with Crippen LogP contribution in [0.2, 0.25) is 0 Å². The third kappa shape index (κ3) is 1.76. The van der Waals surface area contributed by atoms with E-state index in [1.54, 1.807) is 0 Å². The molecule has 16 heavy (non-hydrogen) atoms. The molecule has 2 aliphatic rings. The topological polar surface area (TPSA) is 33.1 Å². The average Bonchev–Trinajstić information content (AvgIpc) is 2.73. The number of aromatic nitrogens is 2. The van der Waals surface area contributed by atoms with Crippen molar-refractivity contribution in [3.63, 3.8) is 0 Å². The molecule has 0 amide bonds. The van der Waals surface area contributed by atoms with Crippen molar-refractivity contribution in [2.75, 3.05) is 13.1 Å². The van der Waals surface area contributed by atoms with Gasteiger partial charge in [-0.3, -0.25) is 4.90 Å². The van der Waals surface area contributed by atoms with Crippen LogP contribution in [-0.4, -0.2) is 39.6 Å². The third-order valence-electron chi connectivity index (χ3n) is 4.05. The second-order valence-corrected chi connectivity index (χ2v) is 5.00. The first-order valence-electron chi connectivity index (χ1n) is 6.27. The maximum Gasteiger partial charge on any atom is 0.122 e. The van der Waals surface area contributed by atoms with E-state index in [2.05, 4.69) is 26.8 Å². The summed E-state index contributed by atoms with van der Waals surface area (Å²) in [4.78, 5) is 7.09. The molecule has 0 aliphatic carbocycles. The SMILES string of the molecule is Cn1ccnc1CN1[C@@H]2CCNC[C@H]1CC2. The summed E-state index contributed by atoms with van der Waals surface area (Å²) in [5.41, 5.74) is 0. The van der Waals surface area contributed by atoms with E-state index in [9.17, 15) is 0 Å². The molecule has 2 saturated heterocycles. The molecule has 0 radical (unpaired) electrons. The first kappa shape index (κ1) is 10.3.